The van der Waals surface area contributed by atoms with E-state index in [0.29, 0.717) is 17.4 Å². The number of amides is 1. The average molecular weight is 416 g/mol. The second-order valence-electron chi connectivity index (χ2n) is 6.68. The van der Waals surface area contributed by atoms with Crippen molar-refractivity contribution in [1.29, 1.82) is 0 Å². The number of halogens is 3. The maximum absolute atomic E-state index is 12.8. The van der Waals surface area contributed by atoms with Gasteiger partial charge in [0.2, 0.25) is 0 Å². The van der Waals surface area contributed by atoms with Crippen molar-refractivity contribution in [2.45, 2.75) is 19.1 Å². The van der Waals surface area contributed by atoms with E-state index in [1.165, 1.54) is 7.11 Å². The molecule has 156 valence electrons. The van der Waals surface area contributed by atoms with Gasteiger partial charge in [-0.15, -0.1) is 0 Å². The topological polar surface area (TPSA) is 71.2 Å². The minimum absolute atomic E-state index is 0.421. The Bertz CT molecular complexity index is 1110. The fourth-order valence-electron chi connectivity index (χ4n) is 3.07. The fraction of sp³-hybridized carbons (Fsp3) is 0.182. The number of ether oxygens (including phenoxy) is 1. The molecular weight excluding hydrogens is 397 g/mol. The summed E-state index contributed by atoms with van der Waals surface area (Å²) in [7, 11) is 1.50. The molecule has 2 N–H and O–H groups in total. The lowest BCUT2D eigenvalue weighted by atomic mass is 9.96. The van der Waals surface area contributed by atoms with E-state index in [9.17, 15) is 22.8 Å². The number of aromatic amines is 1. The van der Waals surface area contributed by atoms with E-state index in [-0.39, 0.29) is 0 Å². The third kappa shape index (κ3) is 4.53. The molecular formula is C22H19F3N2O3. The van der Waals surface area contributed by atoms with Crippen molar-refractivity contribution in [1.82, 2.24) is 10.3 Å². The minimum atomic E-state index is -4.71. The number of methoxy groups -OCH3 is 1. The van der Waals surface area contributed by atoms with Gasteiger partial charge >= 0.3 is 6.18 Å². The van der Waals surface area contributed by atoms with Gasteiger partial charge in [-0.05, 0) is 36.2 Å². The molecule has 1 atom stereocenters. The van der Waals surface area contributed by atoms with Gasteiger partial charge in [-0.1, -0.05) is 42.5 Å². The molecule has 0 saturated carbocycles. The Morgan fingerprint density at radius 3 is 2.37 bits per heavy atom. The number of hydrogen-bond acceptors (Lipinski definition) is 3. The highest BCUT2D eigenvalue weighted by Gasteiger charge is 2.32. The summed E-state index contributed by atoms with van der Waals surface area (Å²) in [4.78, 5) is 26.6. The van der Waals surface area contributed by atoms with E-state index in [1.807, 2.05) is 25.1 Å². The summed E-state index contributed by atoms with van der Waals surface area (Å²) in [6.07, 6.45) is -4.71. The number of pyridine rings is 1. The van der Waals surface area contributed by atoms with Gasteiger partial charge in [0.15, 0.2) is 0 Å². The number of aryl methyl sites for hydroxylation is 1. The van der Waals surface area contributed by atoms with E-state index in [0.717, 1.165) is 17.2 Å². The first-order chi connectivity index (χ1) is 14.2. The molecule has 1 unspecified atom stereocenters. The predicted molar refractivity (Wildman–Crippen MR) is 106 cm³/mol. The monoisotopic (exact) mass is 416 g/mol. The third-order valence-corrected chi connectivity index (χ3v) is 4.57. The lowest BCUT2D eigenvalue weighted by Gasteiger charge is -2.22. The number of aromatic nitrogens is 1. The van der Waals surface area contributed by atoms with E-state index in [4.69, 9.17) is 4.74 Å². The lowest BCUT2D eigenvalue weighted by molar-refractivity contribution is -0.141. The fourth-order valence-corrected chi connectivity index (χ4v) is 3.07. The molecule has 3 aromatic rings. The number of benzene rings is 2. The van der Waals surface area contributed by atoms with Crippen molar-refractivity contribution in [3.8, 4) is 5.75 Å². The maximum Gasteiger partial charge on any atom is 0.431 e. The summed E-state index contributed by atoms with van der Waals surface area (Å²) < 4.78 is 43.8. The molecule has 2 aromatic carbocycles. The Labute approximate surface area is 170 Å². The number of rotatable bonds is 5. The van der Waals surface area contributed by atoms with Crippen LogP contribution in [0.5, 0.6) is 5.75 Å². The van der Waals surface area contributed by atoms with Crippen LogP contribution in [0.3, 0.4) is 0 Å². The van der Waals surface area contributed by atoms with Gasteiger partial charge in [-0.3, -0.25) is 9.59 Å². The van der Waals surface area contributed by atoms with Gasteiger partial charge in [-0.2, -0.15) is 13.2 Å². The summed E-state index contributed by atoms with van der Waals surface area (Å²) in [5.41, 5.74) is -0.445. The van der Waals surface area contributed by atoms with Crippen LogP contribution >= 0.6 is 0 Å². The zero-order valence-electron chi connectivity index (χ0n) is 16.2. The van der Waals surface area contributed by atoms with Crippen molar-refractivity contribution in [2.75, 3.05) is 7.11 Å². The van der Waals surface area contributed by atoms with Crippen LogP contribution in [0.2, 0.25) is 0 Å². The molecule has 3 rings (SSSR count). The average Bonchev–Trinajstić information content (AvgIpc) is 2.72. The molecule has 0 bridgehead atoms. The van der Waals surface area contributed by atoms with Gasteiger partial charge in [0.1, 0.15) is 17.0 Å². The van der Waals surface area contributed by atoms with Crippen LogP contribution in [-0.4, -0.2) is 18.0 Å². The maximum atomic E-state index is 12.8. The summed E-state index contributed by atoms with van der Waals surface area (Å²) in [6, 6.07) is 15.3. The summed E-state index contributed by atoms with van der Waals surface area (Å²) >= 11 is 0. The number of hydrogen-bond donors (Lipinski definition) is 2. The van der Waals surface area contributed by atoms with Crippen LogP contribution in [-0.2, 0) is 6.18 Å². The van der Waals surface area contributed by atoms with Crippen LogP contribution in [0.15, 0.2) is 65.5 Å². The minimum Gasteiger partial charge on any atom is -0.496 e. The van der Waals surface area contributed by atoms with Crippen LogP contribution in [0.4, 0.5) is 13.2 Å². The number of H-pyrrole nitrogens is 1. The van der Waals surface area contributed by atoms with E-state index in [1.54, 1.807) is 35.3 Å². The Morgan fingerprint density at radius 1 is 1.07 bits per heavy atom. The Morgan fingerprint density at radius 2 is 1.77 bits per heavy atom. The molecule has 0 radical (unpaired) electrons. The molecule has 5 nitrogen and oxygen atoms in total. The van der Waals surface area contributed by atoms with E-state index < -0.39 is 34.9 Å². The quantitative estimate of drug-likeness (QED) is 0.654. The first-order valence-electron chi connectivity index (χ1n) is 9.01. The first kappa shape index (κ1) is 21.2. The second kappa shape index (κ2) is 8.44. The molecule has 0 aliphatic carbocycles. The third-order valence-electron chi connectivity index (χ3n) is 4.57. The molecule has 0 fully saturated rings. The molecule has 0 spiro atoms. The highest BCUT2D eigenvalue weighted by molar-refractivity contribution is 5.94. The largest absolute Gasteiger partial charge is 0.496 e. The van der Waals surface area contributed by atoms with Crippen molar-refractivity contribution in [3.63, 3.8) is 0 Å². The van der Waals surface area contributed by atoms with Gasteiger partial charge in [0, 0.05) is 5.56 Å². The Hall–Kier alpha value is -3.55. The summed E-state index contributed by atoms with van der Waals surface area (Å²) in [6.45, 7) is 1.89. The van der Waals surface area contributed by atoms with E-state index in [2.05, 4.69) is 5.32 Å². The van der Waals surface area contributed by atoms with Crippen LogP contribution < -0.4 is 15.6 Å². The highest BCUT2D eigenvalue weighted by atomic mass is 19.4. The van der Waals surface area contributed by atoms with Gasteiger partial charge in [-0.25, -0.2) is 0 Å². The smallest absolute Gasteiger partial charge is 0.431 e. The summed E-state index contributed by atoms with van der Waals surface area (Å²) in [5.74, 6) is -0.271. The number of alkyl halides is 3. The van der Waals surface area contributed by atoms with Gasteiger partial charge in [0.05, 0.1) is 13.2 Å². The molecule has 1 heterocycles. The van der Waals surface area contributed by atoms with Crippen LogP contribution in [0.1, 0.15) is 38.8 Å². The first-order valence-corrected chi connectivity index (χ1v) is 9.01. The molecule has 0 aliphatic heterocycles. The lowest BCUT2D eigenvalue weighted by Crippen LogP contribution is -2.34. The van der Waals surface area contributed by atoms with Crippen molar-refractivity contribution in [3.05, 3.63) is 99.0 Å². The SMILES string of the molecule is COc1cc(C)ccc1C(NC(=O)c1ccc(C(F)(F)F)[nH]c1=O)c1ccccc1. The van der Waals surface area contributed by atoms with Crippen LogP contribution in [0.25, 0.3) is 0 Å². The second-order valence-corrected chi connectivity index (χ2v) is 6.68. The molecule has 0 saturated heterocycles. The van der Waals surface area contributed by atoms with E-state index >= 15 is 0 Å². The van der Waals surface area contributed by atoms with Crippen LogP contribution in [0, 0.1) is 6.92 Å². The zero-order valence-corrected chi connectivity index (χ0v) is 16.2. The molecule has 8 heteroatoms. The Kier molecular flexibility index (Phi) is 5.96. The Balaban J connectivity index is 2.01. The standard InChI is InChI=1S/C22H19F3N2O3/c1-13-8-9-15(17(12-13)30-2)19(14-6-4-3-5-7-14)27-21(29)16-10-11-18(22(23,24)25)26-20(16)28/h3-12,19H,1-2H3,(H,26,28)(H,27,29). The predicted octanol–water partition coefficient (Wildman–Crippen LogP) is 4.23. The normalized spacial score (nSPS) is 12.3. The molecule has 1 amide bonds. The van der Waals surface area contributed by atoms with Crippen molar-refractivity contribution < 1.29 is 22.7 Å². The molecule has 1 aromatic heterocycles. The number of carbonyl (C=O) groups excluding carboxylic acids is 1. The van der Waals surface area contributed by atoms with Gasteiger partial charge < -0.3 is 15.0 Å². The highest BCUT2D eigenvalue weighted by Crippen LogP contribution is 2.31. The molecule has 0 aliphatic rings. The van der Waals surface area contributed by atoms with Gasteiger partial charge in [0.25, 0.3) is 11.5 Å². The molecule has 30 heavy (non-hydrogen) atoms. The number of nitrogens with one attached hydrogen (secondary N) is 2. The summed E-state index contributed by atoms with van der Waals surface area (Å²) in [5, 5.41) is 2.74. The number of carbonyl (C=O) groups is 1. The zero-order chi connectivity index (χ0) is 21.9. The van der Waals surface area contributed by atoms with Crippen molar-refractivity contribution in [2.24, 2.45) is 0 Å². The van der Waals surface area contributed by atoms with Crippen molar-refractivity contribution >= 4 is 5.91 Å².